The second-order valence-electron chi connectivity index (χ2n) is 4.42. The topological polar surface area (TPSA) is 15.3 Å². The predicted molar refractivity (Wildman–Crippen MR) is 66.8 cm³/mol. The van der Waals surface area contributed by atoms with Crippen LogP contribution in [0.1, 0.15) is 26.3 Å². The average Bonchev–Trinajstić information content (AvgIpc) is 2.27. The largest absolute Gasteiger partial charge is 0.382 e. The van der Waals surface area contributed by atoms with Gasteiger partial charge < -0.3 is 10.2 Å². The third-order valence-corrected chi connectivity index (χ3v) is 3.07. The van der Waals surface area contributed by atoms with E-state index < -0.39 is 0 Å². The number of hydrogen-bond donors (Lipinski definition) is 1. The molecule has 1 aliphatic rings. The summed E-state index contributed by atoms with van der Waals surface area (Å²) in [5.41, 5.74) is 4.07. The number of rotatable bonds is 2. The van der Waals surface area contributed by atoms with Crippen LogP contribution < -0.4 is 10.2 Å². The summed E-state index contributed by atoms with van der Waals surface area (Å²) in [6.45, 7) is 8.88. The summed E-state index contributed by atoms with van der Waals surface area (Å²) in [6, 6.07) is 7.33. The molecule has 15 heavy (non-hydrogen) atoms. The Kier molecular flexibility index (Phi) is 2.85. The van der Waals surface area contributed by atoms with Gasteiger partial charge in [-0.1, -0.05) is 13.0 Å². The summed E-state index contributed by atoms with van der Waals surface area (Å²) in [5, 5.41) is 3.46. The van der Waals surface area contributed by atoms with E-state index in [1.807, 2.05) is 0 Å². The van der Waals surface area contributed by atoms with Gasteiger partial charge in [0.25, 0.3) is 0 Å². The maximum atomic E-state index is 3.46. The highest BCUT2D eigenvalue weighted by Gasteiger charge is 2.18. The van der Waals surface area contributed by atoms with Gasteiger partial charge in [-0.3, -0.25) is 0 Å². The minimum Gasteiger partial charge on any atom is -0.382 e. The molecular formula is C13H20N2. The number of benzene rings is 1. The molecule has 2 nitrogen and oxygen atoms in total. The number of hydrogen-bond acceptors (Lipinski definition) is 2. The lowest BCUT2D eigenvalue weighted by Crippen LogP contribution is -2.38. The Morgan fingerprint density at radius 1 is 1.40 bits per heavy atom. The first-order valence-corrected chi connectivity index (χ1v) is 5.85. The van der Waals surface area contributed by atoms with Crippen molar-refractivity contribution < 1.29 is 0 Å². The number of aryl methyl sites for hydroxylation is 1. The Bertz CT molecular complexity index is 344. The van der Waals surface area contributed by atoms with Gasteiger partial charge in [0.15, 0.2) is 0 Å². The average molecular weight is 204 g/mol. The van der Waals surface area contributed by atoms with Crippen LogP contribution >= 0.6 is 0 Å². The minimum atomic E-state index is 0.581. The lowest BCUT2D eigenvalue weighted by atomic mass is 10.1. The summed E-state index contributed by atoms with van der Waals surface area (Å²) in [5.74, 6) is 0. The van der Waals surface area contributed by atoms with E-state index in [4.69, 9.17) is 0 Å². The van der Waals surface area contributed by atoms with E-state index >= 15 is 0 Å². The van der Waals surface area contributed by atoms with Crippen LogP contribution in [0.5, 0.6) is 0 Å². The van der Waals surface area contributed by atoms with Gasteiger partial charge in [0.2, 0.25) is 0 Å². The summed E-state index contributed by atoms with van der Waals surface area (Å²) >= 11 is 0. The molecule has 0 saturated heterocycles. The van der Waals surface area contributed by atoms with Crippen molar-refractivity contribution in [1.82, 2.24) is 0 Å². The van der Waals surface area contributed by atoms with Crippen molar-refractivity contribution >= 4 is 11.4 Å². The van der Waals surface area contributed by atoms with E-state index in [1.165, 1.54) is 16.9 Å². The Morgan fingerprint density at radius 2 is 2.20 bits per heavy atom. The fourth-order valence-electron chi connectivity index (χ4n) is 2.15. The fraction of sp³-hybridized carbons (Fsp3) is 0.538. The Balaban J connectivity index is 2.39. The second-order valence-corrected chi connectivity index (χ2v) is 4.42. The highest BCUT2D eigenvalue weighted by atomic mass is 15.2. The number of nitrogens with one attached hydrogen (secondary N) is 1. The maximum Gasteiger partial charge on any atom is 0.0607 e. The first-order valence-electron chi connectivity index (χ1n) is 5.85. The second kappa shape index (κ2) is 4.13. The van der Waals surface area contributed by atoms with Crippen LogP contribution in [-0.4, -0.2) is 19.1 Å². The summed E-state index contributed by atoms with van der Waals surface area (Å²) in [4.78, 5) is 2.48. The summed E-state index contributed by atoms with van der Waals surface area (Å²) in [6.07, 6.45) is 1.11. The molecule has 1 aromatic rings. The van der Waals surface area contributed by atoms with Crippen molar-refractivity contribution in [1.29, 1.82) is 0 Å². The molecule has 0 bridgehead atoms. The molecule has 0 atom stereocenters. The van der Waals surface area contributed by atoms with Gasteiger partial charge in [0.1, 0.15) is 0 Å². The van der Waals surface area contributed by atoms with E-state index in [1.54, 1.807) is 0 Å². The van der Waals surface area contributed by atoms with Crippen LogP contribution in [0.25, 0.3) is 0 Å². The lowest BCUT2D eigenvalue weighted by Gasteiger charge is -2.35. The molecule has 1 N–H and O–H groups in total. The van der Waals surface area contributed by atoms with Crippen LogP contribution in [0.4, 0.5) is 11.4 Å². The highest BCUT2D eigenvalue weighted by molar-refractivity contribution is 5.73. The van der Waals surface area contributed by atoms with Gasteiger partial charge in [0, 0.05) is 19.1 Å². The number of nitrogens with zero attached hydrogens (tertiary/aromatic N) is 1. The Hall–Kier alpha value is -1.18. The van der Waals surface area contributed by atoms with Gasteiger partial charge >= 0.3 is 0 Å². The summed E-state index contributed by atoms with van der Waals surface area (Å²) in [7, 11) is 0. The first kappa shape index (κ1) is 10.3. The van der Waals surface area contributed by atoms with Crippen LogP contribution in [-0.2, 0) is 6.42 Å². The first-order chi connectivity index (χ1) is 7.22. The fourth-order valence-corrected chi connectivity index (χ4v) is 2.15. The van der Waals surface area contributed by atoms with E-state index in [0.29, 0.717) is 6.04 Å². The molecule has 0 aliphatic carbocycles. The molecular weight excluding hydrogens is 184 g/mol. The Labute approximate surface area is 92.3 Å². The molecule has 2 heteroatoms. The molecule has 0 amide bonds. The van der Waals surface area contributed by atoms with E-state index in [-0.39, 0.29) is 0 Å². The standard InChI is InChI=1S/C13H20N2/c1-4-11-5-6-12-13(9-11)15(10(2)3)8-7-14-12/h5-6,9-10,14H,4,7-8H2,1-3H3. The molecule has 0 aromatic heterocycles. The van der Waals surface area contributed by atoms with Crippen molar-refractivity contribution in [2.75, 3.05) is 23.3 Å². The molecule has 0 fully saturated rings. The molecule has 0 spiro atoms. The zero-order chi connectivity index (χ0) is 10.8. The zero-order valence-electron chi connectivity index (χ0n) is 9.88. The van der Waals surface area contributed by atoms with Gasteiger partial charge in [-0.05, 0) is 38.0 Å². The van der Waals surface area contributed by atoms with Crippen molar-refractivity contribution in [2.45, 2.75) is 33.2 Å². The quantitative estimate of drug-likeness (QED) is 0.797. The molecule has 0 unspecified atom stereocenters. The molecule has 1 heterocycles. The van der Waals surface area contributed by atoms with E-state index in [2.05, 4.69) is 49.2 Å². The van der Waals surface area contributed by atoms with Crippen LogP contribution in [0.2, 0.25) is 0 Å². The maximum absolute atomic E-state index is 3.46. The molecule has 1 aromatic carbocycles. The van der Waals surface area contributed by atoms with Crippen molar-refractivity contribution in [3.05, 3.63) is 23.8 Å². The molecule has 0 saturated carbocycles. The van der Waals surface area contributed by atoms with Gasteiger partial charge in [-0.2, -0.15) is 0 Å². The SMILES string of the molecule is CCc1ccc2c(c1)N(C(C)C)CCN2. The van der Waals surface area contributed by atoms with Crippen molar-refractivity contribution in [2.24, 2.45) is 0 Å². The molecule has 0 radical (unpaired) electrons. The van der Waals surface area contributed by atoms with E-state index in [0.717, 1.165) is 19.5 Å². The lowest BCUT2D eigenvalue weighted by molar-refractivity contribution is 0.680. The summed E-state index contributed by atoms with van der Waals surface area (Å²) < 4.78 is 0. The Morgan fingerprint density at radius 3 is 2.87 bits per heavy atom. The molecule has 82 valence electrons. The van der Waals surface area contributed by atoms with Crippen LogP contribution in [0, 0.1) is 0 Å². The van der Waals surface area contributed by atoms with E-state index in [9.17, 15) is 0 Å². The van der Waals surface area contributed by atoms with Crippen LogP contribution in [0.15, 0.2) is 18.2 Å². The monoisotopic (exact) mass is 204 g/mol. The highest BCUT2D eigenvalue weighted by Crippen LogP contribution is 2.31. The van der Waals surface area contributed by atoms with Crippen molar-refractivity contribution in [3.8, 4) is 0 Å². The predicted octanol–water partition coefficient (Wildman–Crippen LogP) is 2.89. The minimum absolute atomic E-state index is 0.581. The normalized spacial score (nSPS) is 15.1. The third kappa shape index (κ3) is 1.94. The number of fused-ring (bicyclic) bond motifs is 1. The molecule has 2 rings (SSSR count). The zero-order valence-corrected chi connectivity index (χ0v) is 9.88. The number of anilines is 2. The van der Waals surface area contributed by atoms with Gasteiger partial charge in [-0.25, -0.2) is 0 Å². The smallest absolute Gasteiger partial charge is 0.0607 e. The third-order valence-electron chi connectivity index (χ3n) is 3.07. The van der Waals surface area contributed by atoms with Crippen LogP contribution in [0.3, 0.4) is 0 Å². The van der Waals surface area contributed by atoms with Crippen molar-refractivity contribution in [3.63, 3.8) is 0 Å². The van der Waals surface area contributed by atoms with Gasteiger partial charge in [-0.15, -0.1) is 0 Å². The van der Waals surface area contributed by atoms with Gasteiger partial charge in [0.05, 0.1) is 11.4 Å². The molecule has 1 aliphatic heterocycles.